The summed E-state index contributed by atoms with van der Waals surface area (Å²) in [5.41, 5.74) is 1.48. The van der Waals surface area contributed by atoms with E-state index in [1.54, 1.807) is 4.90 Å². The predicted octanol–water partition coefficient (Wildman–Crippen LogP) is 2.23. The highest BCUT2D eigenvalue weighted by Crippen LogP contribution is 2.46. The third-order valence-electron chi connectivity index (χ3n) is 3.82. The largest absolute Gasteiger partial charge is 0.375 e. The number of nitrogens with zero attached hydrogens (tertiary/aromatic N) is 1. The molecule has 0 aliphatic carbocycles. The van der Waals surface area contributed by atoms with Gasteiger partial charge in [-0.1, -0.05) is 19.1 Å². The number of fused-ring (bicyclic) bond motifs is 1. The molecule has 1 N–H and O–H groups in total. The summed E-state index contributed by atoms with van der Waals surface area (Å²) < 4.78 is 0. The van der Waals surface area contributed by atoms with Crippen molar-refractivity contribution in [3.63, 3.8) is 0 Å². The van der Waals surface area contributed by atoms with Crippen molar-refractivity contribution < 1.29 is 14.7 Å². The summed E-state index contributed by atoms with van der Waals surface area (Å²) in [7, 11) is 0. The molecular weight excluding hydrogens is 254 g/mol. The zero-order valence-corrected chi connectivity index (χ0v) is 12.5. The lowest BCUT2D eigenvalue weighted by atomic mass is 9.86. The Bertz CT molecular complexity index is 579. The van der Waals surface area contributed by atoms with Gasteiger partial charge >= 0.3 is 0 Å². The van der Waals surface area contributed by atoms with Crippen LogP contribution in [0.5, 0.6) is 0 Å². The van der Waals surface area contributed by atoms with Gasteiger partial charge in [0, 0.05) is 18.5 Å². The summed E-state index contributed by atoms with van der Waals surface area (Å²) >= 11 is 0. The number of benzene rings is 1. The van der Waals surface area contributed by atoms with E-state index >= 15 is 0 Å². The maximum absolute atomic E-state index is 12.6. The minimum atomic E-state index is -1.70. The highest BCUT2D eigenvalue weighted by Gasteiger charge is 2.51. The average Bonchev–Trinajstić information content (AvgIpc) is 2.56. The van der Waals surface area contributed by atoms with Crippen molar-refractivity contribution in [1.82, 2.24) is 0 Å². The van der Waals surface area contributed by atoms with Crippen LogP contribution in [0.3, 0.4) is 0 Å². The highest BCUT2D eigenvalue weighted by molar-refractivity contribution is 6.09. The van der Waals surface area contributed by atoms with E-state index in [0.29, 0.717) is 12.1 Å². The number of anilines is 1. The quantitative estimate of drug-likeness (QED) is 0.916. The van der Waals surface area contributed by atoms with E-state index < -0.39 is 5.60 Å². The Labute approximate surface area is 119 Å². The Morgan fingerprint density at radius 3 is 2.45 bits per heavy atom. The molecule has 0 radical (unpaired) electrons. The molecule has 4 heteroatoms. The molecule has 1 aromatic rings. The number of hydrogen-bond acceptors (Lipinski definition) is 3. The fourth-order valence-corrected chi connectivity index (χ4v) is 3.06. The molecule has 0 saturated carbocycles. The second-order valence-electron chi connectivity index (χ2n) is 5.62. The first-order valence-corrected chi connectivity index (χ1v) is 6.97. The maximum Gasteiger partial charge on any atom is 0.264 e. The van der Waals surface area contributed by atoms with Gasteiger partial charge in [-0.3, -0.25) is 9.59 Å². The molecule has 2 rings (SSSR count). The summed E-state index contributed by atoms with van der Waals surface area (Å²) in [5, 5.41) is 10.9. The van der Waals surface area contributed by atoms with Crippen molar-refractivity contribution in [2.45, 2.75) is 46.1 Å². The van der Waals surface area contributed by atoms with Crippen molar-refractivity contribution in [1.29, 1.82) is 0 Å². The molecule has 20 heavy (non-hydrogen) atoms. The SMILES string of the molecule is CCCN1C(=O)C(O)(CC(C)=O)c2c(C)ccc(C)c21. The first-order valence-electron chi connectivity index (χ1n) is 6.97. The number of carbonyl (C=O) groups excluding carboxylic acids is 2. The van der Waals surface area contributed by atoms with E-state index in [1.807, 2.05) is 32.9 Å². The highest BCUT2D eigenvalue weighted by atomic mass is 16.3. The van der Waals surface area contributed by atoms with Crippen LogP contribution >= 0.6 is 0 Å². The van der Waals surface area contributed by atoms with Crippen molar-refractivity contribution in [2.24, 2.45) is 0 Å². The van der Waals surface area contributed by atoms with Gasteiger partial charge in [-0.2, -0.15) is 0 Å². The van der Waals surface area contributed by atoms with E-state index in [9.17, 15) is 14.7 Å². The van der Waals surface area contributed by atoms with Crippen LogP contribution < -0.4 is 4.90 Å². The maximum atomic E-state index is 12.6. The summed E-state index contributed by atoms with van der Waals surface area (Å²) in [6.07, 6.45) is 0.637. The monoisotopic (exact) mass is 275 g/mol. The molecule has 1 heterocycles. The molecule has 4 nitrogen and oxygen atoms in total. The van der Waals surface area contributed by atoms with Crippen LogP contribution in [0.25, 0.3) is 0 Å². The van der Waals surface area contributed by atoms with E-state index in [-0.39, 0.29) is 18.1 Å². The van der Waals surface area contributed by atoms with Gasteiger partial charge in [-0.15, -0.1) is 0 Å². The van der Waals surface area contributed by atoms with Gasteiger partial charge in [0.15, 0.2) is 5.60 Å². The summed E-state index contributed by atoms with van der Waals surface area (Å²) in [6.45, 7) is 7.73. The number of carbonyl (C=O) groups is 2. The lowest BCUT2D eigenvalue weighted by Gasteiger charge is -2.22. The molecule has 0 saturated heterocycles. The molecule has 1 aliphatic rings. The number of ketones is 1. The molecule has 0 fully saturated rings. The van der Waals surface area contributed by atoms with Crippen LogP contribution in [0.4, 0.5) is 5.69 Å². The Hall–Kier alpha value is -1.68. The summed E-state index contributed by atoms with van der Waals surface area (Å²) in [4.78, 5) is 25.8. The fourth-order valence-electron chi connectivity index (χ4n) is 3.06. The van der Waals surface area contributed by atoms with E-state index in [1.165, 1.54) is 6.92 Å². The standard InChI is InChI=1S/C16H21NO3/c1-5-8-17-14-11(3)7-6-10(2)13(14)16(20,15(17)19)9-12(4)18/h6-7,20H,5,8-9H2,1-4H3. The van der Waals surface area contributed by atoms with Gasteiger partial charge in [0.1, 0.15) is 5.78 Å². The van der Waals surface area contributed by atoms with E-state index in [0.717, 1.165) is 23.2 Å². The van der Waals surface area contributed by atoms with Gasteiger partial charge in [0.2, 0.25) is 0 Å². The van der Waals surface area contributed by atoms with Crippen LogP contribution in [-0.2, 0) is 15.2 Å². The summed E-state index contributed by atoms with van der Waals surface area (Å²) in [6, 6.07) is 3.84. The number of amides is 1. The van der Waals surface area contributed by atoms with E-state index in [2.05, 4.69) is 0 Å². The molecule has 1 unspecified atom stereocenters. The molecular formula is C16H21NO3. The normalized spacial score (nSPS) is 21.2. The Kier molecular flexibility index (Phi) is 3.69. The van der Waals surface area contributed by atoms with Crippen molar-refractivity contribution in [2.75, 3.05) is 11.4 Å². The molecule has 0 spiro atoms. The zero-order valence-electron chi connectivity index (χ0n) is 12.5. The fraction of sp³-hybridized carbons (Fsp3) is 0.500. The predicted molar refractivity (Wildman–Crippen MR) is 77.8 cm³/mol. The van der Waals surface area contributed by atoms with Crippen molar-refractivity contribution in [3.8, 4) is 0 Å². The van der Waals surface area contributed by atoms with Gasteiger partial charge in [0.25, 0.3) is 5.91 Å². The molecule has 108 valence electrons. The van der Waals surface area contributed by atoms with Crippen molar-refractivity contribution >= 4 is 17.4 Å². The minimum absolute atomic E-state index is 0.163. The van der Waals surface area contributed by atoms with Crippen LogP contribution in [0.2, 0.25) is 0 Å². The minimum Gasteiger partial charge on any atom is -0.375 e. The van der Waals surface area contributed by atoms with Crippen LogP contribution in [0.15, 0.2) is 12.1 Å². The smallest absolute Gasteiger partial charge is 0.264 e. The number of hydrogen-bond donors (Lipinski definition) is 1. The second-order valence-corrected chi connectivity index (χ2v) is 5.62. The zero-order chi connectivity index (χ0) is 15.1. The van der Waals surface area contributed by atoms with Gasteiger partial charge in [0.05, 0.1) is 5.69 Å². The van der Waals surface area contributed by atoms with Gasteiger partial charge in [-0.05, 0) is 38.3 Å². The molecule has 0 bridgehead atoms. The first-order chi connectivity index (χ1) is 9.32. The number of aliphatic hydroxyl groups is 1. The third kappa shape index (κ3) is 2.04. The number of rotatable bonds is 4. The lowest BCUT2D eigenvalue weighted by molar-refractivity contribution is -0.141. The Balaban J connectivity index is 2.68. The first kappa shape index (κ1) is 14.7. The molecule has 1 aromatic carbocycles. The topological polar surface area (TPSA) is 57.6 Å². The van der Waals surface area contributed by atoms with Crippen LogP contribution in [0.1, 0.15) is 43.4 Å². The average molecular weight is 275 g/mol. The molecule has 1 atom stereocenters. The Morgan fingerprint density at radius 1 is 1.30 bits per heavy atom. The van der Waals surface area contributed by atoms with Crippen LogP contribution in [-0.4, -0.2) is 23.3 Å². The Morgan fingerprint density at radius 2 is 1.90 bits per heavy atom. The van der Waals surface area contributed by atoms with Crippen LogP contribution in [0, 0.1) is 13.8 Å². The number of aryl methyl sites for hydroxylation is 2. The lowest BCUT2D eigenvalue weighted by Crippen LogP contribution is -2.42. The van der Waals surface area contributed by atoms with Gasteiger partial charge in [-0.25, -0.2) is 0 Å². The molecule has 1 aliphatic heterocycles. The van der Waals surface area contributed by atoms with Crippen molar-refractivity contribution in [3.05, 3.63) is 28.8 Å². The number of Topliss-reactive ketones (excluding diaryl/α,β-unsaturated/α-hetero) is 1. The van der Waals surface area contributed by atoms with Gasteiger partial charge < -0.3 is 10.0 Å². The molecule has 1 amide bonds. The second kappa shape index (κ2) is 5.02. The molecule has 0 aromatic heterocycles. The van der Waals surface area contributed by atoms with E-state index in [4.69, 9.17) is 0 Å². The summed E-state index contributed by atoms with van der Waals surface area (Å²) in [5.74, 6) is -0.562. The third-order valence-corrected chi connectivity index (χ3v) is 3.82.